The second-order valence-electron chi connectivity index (χ2n) is 4.20. The summed E-state index contributed by atoms with van der Waals surface area (Å²) in [7, 11) is 0. The molecule has 0 saturated carbocycles. The van der Waals surface area contributed by atoms with Gasteiger partial charge >= 0.3 is 0 Å². The number of hydrogen-bond donors (Lipinski definition) is 1. The summed E-state index contributed by atoms with van der Waals surface area (Å²) in [4.78, 5) is 0. The molecule has 0 aliphatic carbocycles. The summed E-state index contributed by atoms with van der Waals surface area (Å²) < 4.78 is 15.5. The van der Waals surface area contributed by atoms with Crippen molar-refractivity contribution in [2.75, 3.05) is 0 Å². The molecule has 0 heterocycles. The second kappa shape index (κ2) is 5.11. The number of hydrogen-bond acceptors (Lipinski definition) is 1. The van der Waals surface area contributed by atoms with E-state index < -0.39 is 11.4 Å². The Bertz CT molecular complexity index is 565. The predicted octanol–water partition coefficient (Wildman–Crippen LogP) is 4.61. The van der Waals surface area contributed by atoms with Crippen molar-refractivity contribution in [3.05, 3.63) is 68.4 Å². The highest BCUT2D eigenvalue weighted by atomic mass is 79.9. The van der Waals surface area contributed by atoms with E-state index in [1.165, 1.54) is 6.07 Å². The van der Waals surface area contributed by atoms with Crippen LogP contribution in [-0.4, -0.2) is 5.11 Å². The summed E-state index contributed by atoms with van der Waals surface area (Å²) >= 11 is 6.62. The van der Waals surface area contributed by atoms with E-state index in [1.54, 1.807) is 31.2 Å². The van der Waals surface area contributed by atoms with E-state index in [0.29, 0.717) is 5.56 Å². The Morgan fingerprint density at radius 3 is 2.17 bits per heavy atom. The molecule has 0 aliphatic heterocycles. The molecule has 4 heteroatoms. The van der Waals surface area contributed by atoms with Crippen LogP contribution in [0.4, 0.5) is 4.39 Å². The van der Waals surface area contributed by atoms with Crippen molar-refractivity contribution in [1.29, 1.82) is 0 Å². The highest BCUT2D eigenvalue weighted by molar-refractivity contribution is 9.10. The first-order chi connectivity index (χ1) is 8.41. The summed E-state index contributed by atoms with van der Waals surface area (Å²) in [5.41, 5.74) is -0.476. The van der Waals surface area contributed by atoms with Crippen LogP contribution in [0, 0.1) is 5.82 Å². The van der Waals surface area contributed by atoms with Crippen molar-refractivity contribution in [2.45, 2.75) is 12.5 Å². The van der Waals surface area contributed by atoms with Gasteiger partial charge in [-0.2, -0.15) is 0 Å². The van der Waals surface area contributed by atoms with Crippen molar-refractivity contribution in [1.82, 2.24) is 0 Å². The third-order valence-corrected chi connectivity index (χ3v) is 3.88. The quantitative estimate of drug-likeness (QED) is 0.815. The van der Waals surface area contributed by atoms with Crippen LogP contribution in [0.2, 0.25) is 0 Å². The molecule has 2 rings (SSSR count). The standard InChI is InChI=1S/C14H11Br2FO/c1-14(18,9-2-4-10(15)5-3-9)12-8-11(16)6-7-13(12)17/h2-8,18H,1H3. The van der Waals surface area contributed by atoms with Crippen LogP contribution in [0.5, 0.6) is 0 Å². The number of aliphatic hydroxyl groups is 1. The maximum Gasteiger partial charge on any atom is 0.129 e. The average Bonchev–Trinajstić information content (AvgIpc) is 2.32. The van der Waals surface area contributed by atoms with Gasteiger partial charge in [-0.05, 0) is 42.8 Å². The Kier molecular flexibility index (Phi) is 3.90. The lowest BCUT2D eigenvalue weighted by Crippen LogP contribution is -2.24. The fourth-order valence-electron chi connectivity index (χ4n) is 1.80. The normalized spacial score (nSPS) is 14.3. The highest BCUT2D eigenvalue weighted by Gasteiger charge is 2.28. The summed E-state index contributed by atoms with van der Waals surface area (Å²) in [6.07, 6.45) is 0. The van der Waals surface area contributed by atoms with Crippen molar-refractivity contribution in [3.63, 3.8) is 0 Å². The van der Waals surface area contributed by atoms with Crippen LogP contribution in [0.15, 0.2) is 51.4 Å². The predicted molar refractivity (Wildman–Crippen MR) is 76.9 cm³/mol. The van der Waals surface area contributed by atoms with E-state index in [1.807, 2.05) is 12.1 Å². The number of rotatable bonds is 2. The van der Waals surface area contributed by atoms with Crippen molar-refractivity contribution >= 4 is 31.9 Å². The third kappa shape index (κ3) is 2.66. The van der Waals surface area contributed by atoms with Gasteiger partial charge in [0.15, 0.2) is 0 Å². The van der Waals surface area contributed by atoms with E-state index in [2.05, 4.69) is 31.9 Å². The van der Waals surface area contributed by atoms with Crippen LogP contribution in [-0.2, 0) is 5.60 Å². The van der Waals surface area contributed by atoms with E-state index in [-0.39, 0.29) is 5.56 Å². The van der Waals surface area contributed by atoms with Crippen molar-refractivity contribution in [2.24, 2.45) is 0 Å². The zero-order chi connectivity index (χ0) is 13.3. The maximum atomic E-state index is 13.8. The Morgan fingerprint density at radius 1 is 1.00 bits per heavy atom. The molecule has 1 N–H and O–H groups in total. The number of benzene rings is 2. The summed E-state index contributed by atoms with van der Waals surface area (Å²) in [5.74, 6) is -0.425. The van der Waals surface area contributed by atoms with Crippen molar-refractivity contribution in [3.8, 4) is 0 Å². The second-order valence-corrected chi connectivity index (χ2v) is 6.03. The topological polar surface area (TPSA) is 20.2 Å². The molecular formula is C14H11Br2FO. The summed E-state index contributed by atoms with van der Waals surface area (Å²) in [6, 6.07) is 11.7. The lowest BCUT2D eigenvalue weighted by molar-refractivity contribution is 0.0979. The van der Waals surface area contributed by atoms with Crippen LogP contribution >= 0.6 is 31.9 Å². The maximum absolute atomic E-state index is 13.8. The molecule has 0 bridgehead atoms. The monoisotopic (exact) mass is 372 g/mol. The molecule has 1 unspecified atom stereocenters. The number of halogens is 3. The molecule has 1 atom stereocenters. The molecule has 94 valence electrons. The molecule has 18 heavy (non-hydrogen) atoms. The minimum atomic E-state index is -1.37. The van der Waals surface area contributed by atoms with E-state index >= 15 is 0 Å². The molecule has 0 saturated heterocycles. The Morgan fingerprint density at radius 2 is 1.56 bits per heavy atom. The van der Waals surface area contributed by atoms with Gasteiger partial charge in [0.25, 0.3) is 0 Å². The molecule has 0 aromatic heterocycles. The average molecular weight is 374 g/mol. The Labute approximate surface area is 122 Å². The van der Waals surface area contributed by atoms with Crippen LogP contribution in [0.3, 0.4) is 0 Å². The molecule has 0 fully saturated rings. The van der Waals surface area contributed by atoms with Crippen LogP contribution in [0.1, 0.15) is 18.1 Å². The molecule has 2 aromatic rings. The van der Waals surface area contributed by atoms with Gasteiger partial charge in [-0.1, -0.05) is 44.0 Å². The Hall–Kier alpha value is -0.710. The van der Waals surface area contributed by atoms with Crippen molar-refractivity contribution < 1.29 is 9.50 Å². The fraction of sp³-hybridized carbons (Fsp3) is 0.143. The molecule has 0 aliphatic rings. The third-order valence-electron chi connectivity index (χ3n) is 2.86. The molecular weight excluding hydrogens is 363 g/mol. The van der Waals surface area contributed by atoms with Gasteiger partial charge in [-0.25, -0.2) is 4.39 Å². The minimum Gasteiger partial charge on any atom is -0.381 e. The van der Waals surface area contributed by atoms with Gasteiger partial charge < -0.3 is 5.11 Å². The van der Waals surface area contributed by atoms with Crippen LogP contribution in [0.25, 0.3) is 0 Å². The van der Waals surface area contributed by atoms with Gasteiger partial charge in [0.1, 0.15) is 11.4 Å². The first kappa shape index (κ1) is 13.7. The summed E-state index contributed by atoms with van der Waals surface area (Å²) in [6.45, 7) is 1.58. The smallest absolute Gasteiger partial charge is 0.129 e. The summed E-state index contributed by atoms with van der Waals surface area (Å²) in [5, 5.41) is 10.6. The lowest BCUT2D eigenvalue weighted by Gasteiger charge is -2.25. The molecule has 1 nitrogen and oxygen atoms in total. The van der Waals surface area contributed by atoms with E-state index in [9.17, 15) is 9.50 Å². The SMILES string of the molecule is CC(O)(c1ccc(Br)cc1)c1cc(Br)ccc1F. The first-order valence-electron chi connectivity index (χ1n) is 5.35. The van der Waals surface area contributed by atoms with Gasteiger partial charge in [-0.15, -0.1) is 0 Å². The lowest BCUT2D eigenvalue weighted by atomic mass is 9.88. The molecule has 0 amide bonds. The molecule has 0 spiro atoms. The minimum absolute atomic E-state index is 0.249. The zero-order valence-corrected chi connectivity index (χ0v) is 12.8. The van der Waals surface area contributed by atoms with E-state index in [4.69, 9.17) is 0 Å². The van der Waals surface area contributed by atoms with Gasteiger partial charge in [-0.3, -0.25) is 0 Å². The largest absolute Gasteiger partial charge is 0.381 e. The molecule has 0 radical (unpaired) electrons. The van der Waals surface area contributed by atoms with Gasteiger partial charge in [0, 0.05) is 14.5 Å². The fourth-order valence-corrected chi connectivity index (χ4v) is 2.43. The van der Waals surface area contributed by atoms with Gasteiger partial charge in [0.05, 0.1) is 0 Å². The zero-order valence-electron chi connectivity index (χ0n) is 9.62. The van der Waals surface area contributed by atoms with Gasteiger partial charge in [0.2, 0.25) is 0 Å². The van der Waals surface area contributed by atoms with Crippen LogP contribution < -0.4 is 0 Å². The Balaban J connectivity index is 2.53. The first-order valence-corrected chi connectivity index (χ1v) is 6.94. The highest BCUT2D eigenvalue weighted by Crippen LogP contribution is 2.33. The van der Waals surface area contributed by atoms with E-state index in [0.717, 1.165) is 8.95 Å². The molecule has 2 aromatic carbocycles.